The van der Waals surface area contributed by atoms with Gasteiger partial charge in [0.2, 0.25) is 5.95 Å². The third-order valence-corrected chi connectivity index (χ3v) is 11.4. The number of benzene rings is 8. The van der Waals surface area contributed by atoms with Gasteiger partial charge in [0.05, 0.1) is 22.1 Å². The molecule has 4 heterocycles. The van der Waals surface area contributed by atoms with Gasteiger partial charge in [-0.1, -0.05) is 176 Å². The molecule has 0 bridgehead atoms. The maximum atomic E-state index is 5.33. The maximum Gasteiger partial charge on any atom is 0.238 e. The van der Waals surface area contributed by atoms with Gasteiger partial charge >= 0.3 is 0 Å². The molecule has 0 unspecified atom stereocenters. The van der Waals surface area contributed by atoms with Crippen LogP contribution in [-0.2, 0) is 0 Å². The minimum Gasteiger partial charge on any atom is -0.309 e. The van der Waals surface area contributed by atoms with Crippen molar-refractivity contribution in [1.82, 2.24) is 39.0 Å². The molecule has 0 saturated heterocycles. The number of nitrogens with zero attached hydrogens (tertiary/aromatic N) is 8. The predicted octanol–water partition coefficient (Wildman–Crippen LogP) is 12.6. The largest absolute Gasteiger partial charge is 0.309 e. The zero-order valence-corrected chi connectivity index (χ0v) is 33.2. The van der Waals surface area contributed by atoms with Crippen molar-refractivity contribution >= 4 is 43.6 Å². The minimum absolute atomic E-state index is 0.533. The number of aromatic nitrogens is 8. The Morgan fingerprint density at radius 1 is 0.258 bits per heavy atom. The Balaban J connectivity index is 1.07. The van der Waals surface area contributed by atoms with Crippen LogP contribution in [0.3, 0.4) is 0 Å². The SMILES string of the molecule is c1ccc(-c2nc(-c3ccccc3)nc(-c3ccc(-c4nc(-c5ccccc5)nc(-n5c6ccccc6c6ccc7c(c8ccccc8n7-c7ccccc7)c65)n4)cc3)n2)cc1. The molecule has 0 aliphatic carbocycles. The van der Waals surface area contributed by atoms with E-state index in [1.807, 2.05) is 115 Å². The van der Waals surface area contributed by atoms with Gasteiger partial charge in [-0.05, 0) is 30.3 Å². The summed E-state index contributed by atoms with van der Waals surface area (Å²) in [6.07, 6.45) is 0. The monoisotopic (exact) mass is 794 g/mol. The zero-order chi connectivity index (χ0) is 41.0. The molecule has 0 fully saturated rings. The second-order valence-corrected chi connectivity index (χ2v) is 15.2. The van der Waals surface area contributed by atoms with E-state index in [9.17, 15) is 0 Å². The number of fused-ring (bicyclic) bond motifs is 7. The first-order chi connectivity index (χ1) is 30.7. The molecule has 8 heteroatoms. The van der Waals surface area contributed by atoms with Crippen molar-refractivity contribution in [3.63, 3.8) is 0 Å². The number of hydrogen-bond donors (Lipinski definition) is 0. The molecule has 0 aliphatic heterocycles. The highest BCUT2D eigenvalue weighted by Crippen LogP contribution is 2.42. The fourth-order valence-corrected chi connectivity index (χ4v) is 8.59. The number of para-hydroxylation sites is 3. The van der Waals surface area contributed by atoms with Crippen LogP contribution in [0.2, 0.25) is 0 Å². The Morgan fingerprint density at radius 3 is 1.15 bits per heavy atom. The van der Waals surface area contributed by atoms with Crippen molar-refractivity contribution < 1.29 is 0 Å². The molecular weight excluding hydrogens is 761 g/mol. The molecule has 8 aromatic carbocycles. The van der Waals surface area contributed by atoms with Gasteiger partial charge < -0.3 is 4.57 Å². The van der Waals surface area contributed by atoms with Crippen molar-refractivity contribution in [3.05, 3.63) is 206 Å². The summed E-state index contributed by atoms with van der Waals surface area (Å²) >= 11 is 0. The van der Waals surface area contributed by atoms with Crippen LogP contribution in [0.15, 0.2) is 206 Å². The third-order valence-electron chi connectivity index (χ3n) is 11.4. The fourth-order valence-electron chi connectivity index (χ4n) is 8.59. The molecular formula is C54H34N8. The van der Waals surface area contributed by atoms with Gasteiger partial charge in [0.15, 0.2) is 29.1 Å². The second-order valence-electron chi connectivity index (χ2n) is 15.2. The molecule has 0 saturated carbocycles. The second kappa shape index (κ2) is 14.6. The topological polar surface area (TPSA) is 87.2 Å². The van der Waals surface area contributed by atoms with E-state index in [-0.39, 0.29) is 0 Å². The highest BCUT2D eigenvalue weighted by atomic mass is 15.2. The van der Waals surface area contributed by atoms with Crippen molar-refractivity contribution in [2.45, 2.75) is 0 Å². The molecule has 0 amide bonds. The van der Waals surface area contributed by atoms with Gasteiger partial charge in [0, 0.05) is 55.0 Å². The lowest BCUT2D eigenvalue weighted by atomic mass is 10.1. The van der Waals surface area contributed by atoms with E-state index in [2.05, 4.69) is 100 Å². The maximum absolute atomic E-state index is 5.33. The Morgan fingerprint density at radius 2 is 0.645 bits per heavy atom. The molecule has 0 spiro atoms. The van der Waals surface area contributed by atoms with Gasteiger partial charge in [-0.3, -0.25) is 4.57 Å². The smallest absolute Gasteiger partial charge is 0.238 e. The standard InChI is InChI=1S/C54H34N8/c1-5-17-35(18-6-1)49-55-50(36-19-7-2-8-20-36)57-51(56-49)38-29-31-39(32-30-38)53-58-52(37-21-9-3-10-22-37)59-54(60-53)62-44-27-15-13-25-41(44)42-33-34-46-47(48(42)62)43-26-14-16-28-45(43)61(46)40-23-11-4-12-24-40/h1-34H. The zero-order valence-electron chi connectivity index (χ0n) is 33.2. The molecule has 12 aromatic rings. The van der Waals surface area contributed by atoms with E-state index >= 15 is 0 Å². The summed E-state index contributed by atoms with van der Waals surface area (Å²) in [6, 6.07) is 70.4. The van der Waals surface area contributed by atoms with Gasteiger partial charge in [-0.25, -0.2) is 19.9 Å². The summed E-state index contributed by atoms with van der Waals surface area (Å²) in [6.45, 7) is 0. The highest BCUT2D eigenvalue weighted by Gasteiger charge is 2.23. The minimum atomic E-state index is 0.533. The van der Waals surface area contributed by atoms with E-state index in [4.69, 9.17) is 29.9 Å². The lowest BCUT2D eigenvalue weighted by Crippen LogP contribution is -2.06. The molecule has 0 aliphatic rings. The van der Waals surface area contributed by atoms with Crippen LogP contribution in [0, 0.1) is 0 Å². The Kier molecular flexibility index (Phi) is 8.31. The van der Waals surface area contributed by atoms with E-state index in [0.29, 0.717) is 35.1 Å². The lowest BCUT2D eigenvalue weighted by Gasteiger charge is -2.12. The van der Waals surface area contributed by atoms with Crippen molar-refractivity contribution in [3.8, 4) is 68.6 Å². The Labute approximate surface area is 356 Å². The normalized spacial score (nSPS) is 11.5. The van der Waals surface area contributed by atoms with Crippen molar-refractivity contribution in [1.29, 1.82) is 0 Å². The van der Waals surface area contributed by atoms with Gasteiger partial charge in [-0.2, -0.15) is 9.97 Å². The predicted molar refractivity (Wildman–Crippen MR) is 249 cm³/mol. The molecule has 0 N–H and O–H groups in total. The van der Waals surface area contributed by atoms with E-state index in [1.54, 1.807) is 0 Å². The average molecular weight is 795 g/mol. The van der Waals surface area contributed by atoms with Crippen LogP contribution in [0.25, 0.3) is 112 Å². The van der Waals surface area contributed by atoms with E-state index < -0.39 is 0 Å². The number of rotatable bonds is 7. The summed E-state index contributed by atoms with van der Waals surface area (Å²) in [4.78, 5) is 30.5. The molecule has 0 atom stereocenters. The van der Waals surface area contributed by atoms with Crippen molar-refractivity contribution in [2.75, 3.05) is 0 Å². The molecule has 62 heavy (non-hydrogen) atoms. The van der Waals surface area contributed by atoms with Crippen LogP contribution in [0.1, 0.15) is 0 Å². The van der Waals surface area contributed by atoms with Crippen LogP contribution >= 0.6 is 0 Å². The van der Waals surface area contributed by atoms with Gasteiger partial charge in [-0.15, -0.1) is 0 Å². The summed E-state index contributed by atoms with van der Waals surface area (Å²) in [5, 5.41) is 4.53. The summed E-state index contributed by atoms with van der Waals surface area (Å²) in [7, 11) is 0. The summed E-state index contributed by atoms with van der Waals surface area (Å²) < 4.78 is 4.57. The Hall–Kier alpha value is -8.62. The quantitative estimate of drug-likeness (QED) is 0.160. The summed E-state index contributed by atoms with van der Waals surface area (Å²) in [5.41, 5.74) is 9.80. The molecule has 290 valence electrons. The first-order valence-electron chi connectivity index (χ1n) is 20.6. The van der Waals surface area contributed by atoms with Gasteiger partial charge in [0.1, 0.15) is 0 Å². The number of hydrogen-bond acceptors (Lipinski definition) is 6. The lowest BCUT2D eigenvalue weighted by molar-refractivity contribution is 0.955. The van der Waals surface area contributed by atoms with E-state index in [0.717, 1.165) is 77.1 Å². The van der Waals surface area contributed by atoms with Crippen molar-refractivity contribution in [2.24, 2.45) is 0 Å². The van der Waals surface area contributed by atoms with Crippen LogP contribution in [-0.4, -0.2) is 39.0 Å². The van der Waals surface area contributed by atoms with Crippen LogP contribution in [0.4, 0.5) is 0 Å². The molecule has 8 nitrogen and oxygen atoms in total. The van der Waals surface area contributed by atoms with Crippen LogP contribution < -0.4 is 0 Å². The molecule has 12 rings (SSSR count). The van der Waals surface area contributed by atoms with Crippen LogP contribution in [0.5, 0.6) is 0 Å². The first kappa shape index (κ1) is 35.3. The van der Waals surface area contributed by atoms with Gasteiger partial charge in [0.25, 0.3) is 0 Å². The first-order valence-corrected chi connectivity index (χ1v) is 20.6. The fraction of sp³-hybridized carbons (Fsp3) is 0. The third kappa shape index (κ3) is 5.92. The molecule has 0 radical (unpaired) electrons. The average Bonchev–Trinajstić information content (AvgIpc) is 3.88. The van der Waals surface area contributed by atoms with E-state index in [1.165, 1.54) is 0 Å². The highest BCUT2D eigenvalue weighted by molar-refractivity contribution is 6.26. The Bertz CT molecular complexity index is 3540. The molecule has 4 aromatic heterocycles. The summed E-state index contributed by atoms with van der Waals surface area (Å²) in [5.74, 6) is 3.47.